The largest absolute Gasteiger partial charge is 0.506 e. The van der Waals surface area contributed by atoms with Gasteiger partial charge in [-0.2, -0.15) is 0 Å². The summed E-state index contributed by atoms with van der Waals surface area (Å²) < 4.78 is 5.37. The van der Waals surface area contributed by atoms with Gasteiger partial charge in [-0.3, -0.25) is 14.6 Å². The molecule has 0 unspecified atom stereocenters. The number of carbonyl (C=O) groups is 1. The number of anilines is 2. The standard InChI is InChI=1S/C40H49N5O5S/c1-26-21-29(23-32-37(26)43-24-33(40(41)49)38(32)44-27-13-12-14-28(22-27)50-2)51-20-11-9-7-5-3-4-6-8-10-19-42-25-35(47)30-15-17-34(46)39-31(30)16-18-36(48)45-39/h12-18,21-24,35,42,46-47H,3-11,19-20,25H2,1-2H3,(H2,41,49)(H,43,44)(H,45,48)/t35-/m0/s1. The molecular weight excluding hydrogens is 663 g/mol. The van der Waals surface area contributed by atoms with Crippen molar-refractivity contribution in [2.75, 3.05) is 31.3 Å². The highest BCUT2D eigenvalue weighted by molar-refractivity contribution is 7.99. The van der Waals surface area contributed by atoms with Crippen molar-refractivity contribution >= 4 is 50.8 Å². The van der Waals surface area contributed by atoms with Crippen LogP contribution in [0.3, 0.4) is 0 Å². The molecule has 5 aromatic rings. The van der Waals surface area contributed by atoms with Crippen molar-refractivity contribution in [1.82, 2.24) is 15.3 Å². The summed E-state index contributed by atoms with van der Waals surface area (Å²) in [5.41, 5.74) is 10.2. The van der Waals surface area contributed by atoms with Crippen LogP contribution in [0.1, 0.15) is 85.4 Å². The van der Waals surface area contributed by atoms with Crippen LogP contribution in [0.15, 0.2) is 76.6 Å². The number of unbranched alkanes of at least 4 members (excludes halogenated alkanes) is 8. The Morgan fingerprint density at radius 1 is 0.961 bits per heavy atom. The number of primary amides is 1. The number of nitrogens with two attached hydrogens (primary N) is 1. The lowest BCUT2D eigenvalue weighted by molar-refractivity contribution is 0.100. The predicted octanol–water partition coefficient (Wildman–Crippen LogP) is 7.87. The van der Waals surface area contributed by atoms with Crippen LogP contribution in [0.2, 0.25) is 0 Å². The SMILES string of the molecule is COc1cccc(Nc2c(C(N)=O)cnc3c(C)cc(SCCCCCCCCCCCNC[C@H](O)c4ccc(O)c5[nH]c(=O)ccc45)cc23)c1. The highest BCUT2D eigenvalue weighted by Crippen LogP contribution is 2.35. The number of nitrogens with one attached hydrogen (secondary N) is 3. The van der Waals surface area contributed by atoms with E-state index in [4.69, 9.17) is 10.5 Å². The maximum Gasteiger partial charge on any atom is 0.252 e. The molecule has 0 radical (unpaired) electrons. The quantitative estimate of drug-likeness (QED) is 0.0348. The minimum Gasteiger partial charge on any atom is -0.506 e. The van der Waals surface area contributed by atoms with Gasteiger partial charge in [0.05, 0.1) is 35.5 Å². The number of hydrogen-bond acceptors (Lipinski definition) is 9. The van der Waals surface area contributed by atoms with Crippen LogP contribution in [0, 0.1) is 6.92 Å². The highest BCUT2D eigenvalue weighted by atomic mass is 32.2. The Morgan fingerprint density at radius 3 is 2.45 bits per heavy atom. The number of carbonyl (C=O) groups excluding carboxylic acids is 1. The second-order valence-electron chi connectivity index (χ2n) is 12.9. The Labute approximate surface area is 303 Å². The first-order chi connectivity index (χ1) is 24.7. The van der Waals surface area contributed by atoms with E-state index in [1.54, 1.807) is 25.4 Å². The van der Waals surface area contributed by atoms with Gasteiger partial charge in [0.1, 0.15) is 11.5 Å². The third kappa shape index (κ3) is 10.2. The molecular formula is C40H49N5O5S. The normalized spacial score (nSPS) is 12.0. The number of H-pyrrole nitrogens is 1. The van der Waals surface area contributed by atoms with Crippen molar-refractivity contribution < 1.29 is 19.7 Å². The average molecular weight is 712 g/mol. The predicted molar refractivity (Wildman–Crippen MR) is 208 cm³/mol. The molecule has 1 atom stereocenters. The second kappa shape index (κ2) is 18.6. The summed E-state index contributed by atoms with van der Waals surface area (Å²) >= 11 is 1.83. The van der Waals surface area contributed by atoms with E-state index in [9.17, 15) is 19.8 Å². The molecule has 0 saturated carbocycles. The lowest BCUT2D eigenvalue weighted by Crippen LogP contribution is -2.22. The molecule has 3 aromatic carbocycles. The fraction of sp³-hybridized carbons (Fsp3) is 0.375. The van der Waals surface area contributed by atoms with Crippen LogP contribution in [0.4, 0.5) is 11.4 Å². The molecule has 0 saturated heterocycles. The van der Waals surface area contributed by atoms with Gasteiger partial charge in [0.2, 0.25) is 5.56 Å². The summed E-state index contributed by atoms with van der Waals surface area (Å²) in [5.74, 6) is 1.20. The maximum atomic E-state index is 12.4. The van der Waals surface area contributed by atoms with Crippen LogP contribution in [-0.4, -0.2) is 52.0 Å². The van der Waals surface area contributed by atoms with E-state index in [0.717, 1.165) is 58.6 Å². The zero-order chi connectivity index (χ0) is 36.2. The number of rotatable bonds is 20. The van der Waals surface area contributed by atoms with Crippen LogP contribution in [-0.2, 0) is 0 Å². The van der Waals surface area contributed by atoms with E-state index in [2.05, 4.69) is 32.7 Å². The molecule has 51 heavy (non-hydrogen) atoms. The molecule has 10 nitrogen and oxygen atoms in total. The number of methoxy groups -OCH3 is 1. The summed E-state index contributed by atoms with van der Waals surface area (Å²) in [6.07, 6.45) is 11.5. The number of aromatic nitrogens is 2. The van der Waals surface area contributed by atoms with Crippen molar-refractivity contribution in [2.45, 2.75) is 75.7 Å². The zero-order valence-corrected chi connectivity index (χ0v) is 30.3. The molecule has 11 heteroatoms. The number of fused-ring (bicyclic) bond motifs is 2. The van der Waals surface area contributed by atoms with Crippen molar-refractivity contribution in [3.8, 4) is 11.5 Å². The number of phenols is 1. The molecule has 1 amide bonds. The van der Waals surface area contributed by atoms with Gasteiger partial charge in [-0.05, 0) is 79.6 Å². The zero-order valence-electron chi connectivity index (χ0n) is 29.5. The Bertz CT molecular complexity index is 2000. The molecule has 0 fully saturated rings. The van der Waals surface area contributed by atoms with Gasteiger partial charge in [0.25, 0.3) is 5.91 Å². The van der Waals surface area contributed by atoms with E-state index >= 15 is 0 Å². The van der Waals surface area contributed by atoms with Gasteiger partial charge in [-0.1, -0.05) is 57.1 Å². The molecule has 2 aromatic heterocycles. The minimum absolute atomic E-state index is 0.00620. The summed E-state index contributed by atoms with van der Waals surface area (Å²) in [6.45, 7) is 3.29. The molecule has 0 spiro atoms. The van der Waals surface area contributed by atoms with Crippen molar-refractivity contribution in [3.05, 3.63) is 93.9 Å². The molecule has 0 bridgehead atoms. The molecule has 7 N–H and O–H groups in total. The number of amides is 1. The number of benzene rings is 3. The van der Waals surface area contributed by atoms with Gasteiger partial charge in [-0.25, -0.2) is 0 Å². The van der Waals surface area contributed by atoms with Crippen molar-refractivity contribution in [1.29, 1.82) is 0 Å². The van der Waals surface area contributed by atoms with Crippen molar-refractivity contribution in [3.63, 3.8) is 0 Å². The van der Waals surface area contributed by atoms with E-state index in [0.29, 0.717) is 40.0 Å². The summed E-state index contributed by atoms with van der Waals surface area (Å²) in [4.78, 5) is 32.3. The topological polar surface area (TPSA) is 163 Å². The molecule has 0 aliphatic rings. The Hall–Kier alpha value is -4.58. The van der Waals surface area contributed by atoms with Gasteiger partial charge in [0, 0.05) is 46.2 Å². The third-order valence-corrected chi connectivity index (χ3v) is 10.2. The summed E-state index contributed by atoms with van der Waals surface area (Å²) in [6, 6.07) is 18.1. The van der Waals surface area contributed by atoms with Crippen molar-refractivity contribution in [2.24, 2.45) is 5.73 Å². The monoisotopic (exact) mass is 711 g/mol. The number of phenolic OH excluding ortho intramolecular Hbond substituents is 1. The highest BCUT2D eigenvalue weighted by Gasteiger charge is 2.17. The minimum atomic E-state index is -0.733. The molecule has 2 heterocycles. The number of pyridine rings is 2. The fourth-order valence-corrected chi connectivity index (χ4v) is 7.42. The third-order valence-electron chi connectivity index (χ3n) is 9.11. The van der Waals surface area contributed by atoms with E-state index in [-0.39, 0.29) is 11.3 Å². The Morgan fingerprint density at radius 2 is 1.71 bits per heavy atom. The van der Waals surface area contributed by atoms with Gasteiger partial charge in [-0.15, -0.1) is 11.8 Å². The van der Waals surface area contributed by atoms with Crippen LogP contribution >= 0.6 is 11.8 Å². The number of aliphatic hydroxyl groups is 1. The van der Waals surface area contributed by atoms with Crippen LogP contribution in [0.25, 0.3) is 21.8 Å². The van der Waals surface area contributed by atoms with Crippen LogP contribution < -0.4 is 26.7 Å². The van der Waals surface area contributed by atoms with E-state index < -0.39 is 12.0 Å². The number of aromatic hydroxyl groups is 1. The van der Waals surface area contributed by atoms with E-state index in [1.807, 2.05) is 43.0 Å². The number of hydrogen-bond donors (Lipinski definition) is 6. The van der Waals surface area contributed by atoms with Crippen LogP contribution in [0.5, 0.6) is 11.5 Å². The number of aromatic amines is 1. The number of ether oxygens (including phenoxy) is 1. The fourth-order valence-electron chi connectivity index (χ4n) is 6.37. The summed E-state index contributed by atoms with van der Waals surface area (Å²) in [5, 5.41) is 29.0. The molecule has 0 aliphatic heterocycles. The number of aryl methyl sites for hydroxylation is 1. The molecule has 270 valence electrons. The average Bonchev–Trinajstić information content (AvgIpc) is 3.12. The van der Waals surface area contributed by atoms with Gasteiger partial charge in [0.15, 0.2) is 0 Å². The first-order valence-electron chi connectivity index (χ1n) is 17.8. The number of nitrogens with zero attached hydrogens (tertiary/aromatic N) is 1. The number of thioether (sulfide) groups is 1. The first-order valence-corrected chi connectivity index (χ1v) is 18.7. The van der Waals surface area contributed by atoms with Gasteiger partial charge < -0.3 is 36.3 Å². The molecule has 5 rings (SSSR count). The second-order valence-corrected chi connectivity index (χ2v) is 14.1. The van der Waals surface area contributed by atoms with Gasteiger partial charge >= 0.3 is 0 Å². The molecule has 0 aliphatic carbocycles. The number of aliphatic hydroxyl groups excluding tert-OH is 1. The first kappa shape index (κ1) is 37.7. The van der Waals surface area contributed by atoms with E-state index in [1.165, 1.54) is 50.7 Å². The Balaban J connectivity index is 0.973. The summed E-state index contributed by atoms with van der Waals surface area (Å²) in [7, 11) is 1.62. The lowest BCUT2D eigenvalue weighted by atomic mass is 10.0. The smallest absolute Gasteiger partial charge is 0.252 e. The Kier molecular flexibility index (Phi) is 13.7. The lowest BCUT2D eigenvalue weighted by Gasteiger charge is -2.16. The maximum absolute atomic E-state index is 12.4.